The van der Waals surface area contributed by atoms with Crippen LogP contribution in [0.15, 0.2) is 36.4 Å². The van der Waals surface area contributed by atoms with Crippen LogP contribution in [0, 0.1) is 6.92 Å². The van der Waals surface area contributed by atoms with Gasteiger partial charge in [0.1, 0.15) is 0 Å². The largest absolute Gasteiger partial charge is 0.358 e. The van der Waals surface area contributed by atoms with E-state index in [-0.39, 0.29) is 12.1 Å². The molecule has 3 heteroatoms. The Morgan fingerprint density at radius 1 is 1.35 bits per heavy atom. The Labute approximate surface area is 102 Å². The number of hydrogen-bond donors (Lipinski definition) is 0. The van der Waals surface area contributed by atoms with E-state index in [2.05, 4.69) is 0 Å². The number of hydrogen-bond acceptors (Lipinski definition) is 2. The van der Waals surface area contributed by atoms with E-state index in [4.69, 9.17) is 4.74 Å². The Bertz CT molecular complexity index is 422. The summed E-state index contributed by atoms with van der Waals surface area (Å²) in [5, 5.41) is 0. The summed E-state index contributed by atoms with van der Waals surface area (Å²) >= 11 is 0. The highest BCUT2D eigenvalue weighted by molar-refractivity contribution is 5.94. The summed E-state index contributed by atoms with van der Waals surface area (Å²) in [6.07, 6.45) is 4.62. The number of aryl methyl sites for hydroxylation is 1. The lowest BCUT2D eigenvalue weighted by Crippen LogP contribution is -2.42. The molecule has 1 aromatic rings. The molecule has 0 fully saturated rings. The number of rotatable bonds is 2. The predicted octanol–water partition coefficient (Wildman–Crippen LogP) is 2.37. The smallest absolute Gasteiger partial charge is 0.256 e. The first-order valence-electron chi connectivity index (χ1n) is 5.79. The first-order valence-corrected chi connectivity index (χ1v) is 5.79. The van der Waals surface area contributed by atoms with Gasteiger partial charge in [0.05, 0.1) is 0 Å². The van der Waals surface area contributed by atoms with E-state index in [0.717, 1.165) is 12.0 Å². The maximum absolute atomic E-state index is 12.3. The molecule has 0 bridgehead atoms. The molecule has 1 aliphatic rings. The van der Waals surface area contributed by atoms with E-state index in [1.807, 2.05) is 43.3 Å². The molecule has 1 atom stereocenters. The number of methoxy groups -OCH3 is 1. The van der Waals surface area contributed by atoms with Crippen molar-refractivity contribution in [3.8, 4) is 0 Å². The second kappa shape index (κ2) is 5.15. The lowest BCUT2D eigenvalue weighted by molar-refractivity contribution is 0.00330. The highest BCUT2D eigenvalue weighted by Crippen LogP contribution is 2.15. The van der Waals surface area contributed by atoms with Gasteiger partial charge in [-0.1, -0.05) is 23.8 Å². The topological polar surface area (TPSA) is 29.5 Å². The summed E-state index contributed by atoms with van der Waals surface area (Å²) in [6.45, 7) is 2.72. The molecule has 1 heterocycles. The maximum Gasteiger partial charge on any atom is 0.256 e. The second-order valence-electron chi connectivity index (χ2n) is 4.21. The van der Waals surface area contributed by atoms with Crippen LogP contribution in [0.3, 0.4) is 0 Å². The van der Waals surface area contributed by atoms with Gasteiger partial charge in [0, 0.05) is 19.2 Å². The van der Waals surface area contributed by atoms with Gasteiger partial charge in [-0.2, -0.15) is 0 Å². The van der Waals surface area contributed by atoms with E-state index in [0.29, 0.717) is 12.1 Å². The van der Waals surface area contributed by atoms with Crippen molar-refractivity contribution in [3.05, 3.63) is 47.5 Å². The third-order valence-electron chi connectivity index (χ3n) is 2.95. The molecule has 0 N–H and O–H groups in total. The summed E-state index contributed by atoms with van der Waals surface area (Å²) in [7, 11) is 1.62. The third-order valence-corrected chi connectivity index (χ3v) is 2.95. The van der Waals surface area contributed by atoms with Crippen molar-refractivity contribution in [2.24, 2.45) is 0 Å². The fraction of sp³-hybridized carbons (Fsp3) is 0.357. The number of ether oxygens (including phenoxy) is 1. The minimum Gasteiger partial charge on any atom is -0.358 e. The molecular formula is C14H17NO2. The zero-order valence-electron chi connectivity index (χ0n) is 10.2. The third kappa shape index (κ3) is 2.56. The zero-order valence-corrected chi connectivity index (χ0v) is 10.2. The summed E-state index contributed by atoms with van der Waals surface area (Å²) in [4.78, 5) is 14.0. The summed E-state index contributed by atoms with van der Waals surface area (Å²) in [6, 6.07) is 7.63. The summed E-state index contributed by atoms with van der Waals surface area (Å²) < 4.78 is 5.29. The van der Waals surface area contributed by atoms with Gasteiger partial charge in [0.25, 0.3) is 5.91 Å². The van der Waals surface area contributed by atoms with Crippen LogP contribution in [0.2, 0.25) is 0 Å². The highest BCUT2D eigenvalue weighted by Gasteiger charge is 2.24. The molecule has 2 rings (SSSR count). The van der Waals surface area contributed by atoms with Gasteiger partial charge >= 0.3 is 0 Å². The van der Waals surface area contributed by atoms with Crippen LogP contribution in [0.4, 0.5) is 0 Å². The number of nitrogens with zero attached hydrogens (tertiary/aromatic N) is 1. The molecule has 0 saturated carbocycles. The molecule has 0 spiro atoms. The van der Waals surface area contributed by atoms with E-state index in [1.165, 1.54) is 0 Å². The molecule has 1 aliphatic heterocycles. The standard InChI is InChI=1S/C14H17NO2/c1-11-6-8-12(9-7-11)14(16)15-10-4-3-5-13(15)17-2/h3,5-9,13H,4,10H2,1-2H3. The van der Waals surface area contributed by atoms with E-state index in [9.17, 15) is 4.79 Å². The van der Waals surface area contributed by atoms with Gasteiger partial charge in [-0.25, -0.2) is 0 Å². The van der Waals surface area contributed by atoms with E-state index >= 15 is 0 Å². The van der Waals surface area contributed by atoms with Gasteiger partial charge in [-0.15, -0.1) is 0 Å². The minimum atomic E-state index is -0.238. The fourth-order valence-electron chi connectivity index (χ4n) is 1.94. The van der Waals surface area contributed by atoms with Crippen LogP contribution < -0.4 is 0 Å². The van der Waals surface area contributed by atoms with Crippen molar-refractivity contribution in [2.45, 2.75) is 19.6 Å². The van der Waals surface area contributed by atoms with E-state index < -0.39 is 0 Å². The number of carbonyl (C=O) groups excluding carboxylic acids is 1. The molecule has 17 heavy (non-hydrogen) atoms. The van der Waals surface area contributed by atoms with Crippen LogP contribution in [0.5, 0.6) is 0 Å². The molecule has 1 aromatic carbocycles. The zero-order chi connectivity index (χ0) is 12.3. The second-order valence-corrected chi connectivity index (χ2v) is 4.21. The molecule has 3 nitrogen and oxygen atoms in total. The molecule has 0 radical (unpaired) electrons. The lowest BCUT2D eigenvalue weighted by Gasteiger charge is -2.31. The highest BCUT2D eigenvalue weighted by atomic mass is 16.5. The maximum atomic E-state index is 12.3. The minimum absolute atomic E-state index is 0.0289. The Kier molecular flexibility index (Phi) is 3.59. The van der Waals surface area contributed by atoms with Gasteiger partial charge < -0.3 is 9.64 Å². The number of amides is 1. The molecule has 0 aliphatic carbocycles. The summed E-state index contributed by atoms with van der Waals surface area (Å²) in [5.74, 6) is 0.0289. The van der Waals surface area contributed by atoms with Crippen LogP contribution in [-0.4, -0.2) is 30.7 Å². The van der Waals surface area contributed by atoms with Gasteiger partial charge in [0.15, 0.2) is 6.23 Å². The first-order chi connectivity index (χ1) is 8.22. The Morgan fingerprint density at radius 2 is 2.06 bits per heavy atom. The first kappa shape index (κ1) is 11.9. The van der Waals surface area contributed by atoms with E-state index in [1.54, 1.807) is 12.0 Å². The monoisotopic (exact) mass is 231 g/mol. The molecule has 0 aromatic heterocycles. The van der Waals surface area contributed by atoms with Crippen LogP contribution >= 0.6 is 0 Å². The van der Waals surface area contributed by atoms with Crippen molar-refractivity contribution in [3.63, 3.8) is 0 Å². The molecule has 90 valence electrons. The Hall–Kier alpha value is -1.61. The van der Waals surface area contributed by atoms with Gasteiger partial charge in [-0.05, 0) is 31.6 Å². The Balaban J connectivity index is 2.19. The van der Waals surface area contributed by atoms with Crippen molar-refractivity contribution in [2.75, 3.05) is 13.7 Å². The number of carbonyl (C=O) groups is 1. The van der Waals surface area contributed by atoms with Gasteiger partial charge in [0.2, 0.25) is 0 Å². The van der Waals surface area contributed by atoms with Crippen molar-refractivity contribution >= 4 is 5.91 Å². The molecule has 1 amide bonds. The van der Waals surface area contributed by atoms with Crippen LogP contribution in [-0.2, 0) is 4.74 Å². The van der Waals surface area contributed by atoms with Crippen molar-refractivity contribution < 1.29 is 9.53 Å². The van der Waals surface area contributed by atoms with Gasteiger partial charge in [-0.3, -0.25) is 4.79 Å². The summed E-state index contributed by atoms with van der Waals surface area (Å²) in [5.41, 5.74) is 1.87. The fourth-order valence-corrected chi connectivity index (χ4v) is 1.94. The molecule has 0 saturated heterocycles. The lowest BCUT2D eigenvalue weighted by atomic mass is 10.1. The van der Waals surface area contributed by atoms with Crippen LogP contribution in [0.1, 0.15) is 22.3 Å². The molecular weight excluding hydrogens is 214 g/mol. The van der Waals surface area contributed by atoms with Crippen LogP contribution in [0.25, 0.3) is 0 Å². The molecule has 1 unspecified atom stereocenters. The SMILES string of the molecule is COC1C=CCCN1C(=O)c1ccc(C)cc1. The average molecular weight is 231 g/mol. The normalized spacial score (nSPS) is 19.4. The Morgan fingerprint density at radius 3 is 2.71 bits per heavy atom. The van der Waals surface area contributed by atoms with Crippen molar-refractivity contribution in [1.29, 1.82) is 0 Å². The number of benzene rings is 1. The van der Waals surface area contributed by atoms with Crippen molar-refractivity contribution in [1.82, 2.24) is 4.90 Å². The predicted molar refractivity (Wildman–Crippen MR) is 66.8 cm³/mol. The average Bonchev–Trinajstić information content (AvgIpc) is 2.39. The quantitative estimate of drug-likeness (QED) is 0.731.